The predicted molar refractivity (Wildman–Crippen MR) is 111 cm³/mol. The fraction of sp³-hybridized carbons (Fsp3) is 0.150. The Morgan fingerprint density at radius 1 is 1.18 bits per heavy atom. The van der Waals surface area contributed by atoms with Gasteiger partial charge in [0.2, 0.25) is 5.91 Å². The number of hydrogen-bond acceptors (Lipinski definition) is 5. The number of thiocarbonyl (C=S) groups is 1. The Morgan fingerprint density at radius 2 is 1.86 bits per heavy atom. The number of nitrogens with one attached hydrogen (secondary N) is 1. The van der Waals surface area contributed by atoms with Crippen molar-refractivity contribution in [2.24, 2.45) is 0 Å². The summed E-state index contributed by atoms with van der Waals surface area (Å²) in [6, 6.07) is 12.5. The smallest absolute Gasteiger partial charge is 0.266 e. The summed E-state index contributed by atoms with van der Waals surface area (Å²) < 4.78 is 13.3. The molecular weight excluding hydrogens is 399 g/mol. The van der Waals surface area contributed by atoms with Gasteiger partial charge in [-0.05, 0) is 47.9 Å². The normalized spacial score (nSPS) is 15.3. The average molecular weight is 416 g/mol. The van der Waals surface area contributed by atoms with Crippen molar-refractivity contribution in [1.82, 2.24) is 10.2 Å². The molecule has 2 amide bonds. The summed E-state index contributed by atoms with van der Waals surface area (Å²) in [5.74, 6) is -0.810. The SMILES string of the molecule is O=C(CN1C(=O)/C(=C/c2ccc(F)cc2)SC1=S)NCCc1ccc(O)cc1. The number of benzene rings is 2. The maximum atomic E-state index is 13.0. The van der Waals surface area contributed by atoms with Gasteiger partial charge >= 0.3 is 0 Å². The zero-order chi connectivity index (χ0) is 20.1. The lowest BCUT2D eigenvalue weighted by Crippen LogP contribution is -2.40. The number of aromatic hydroxyl groups is 1. The molecule has 0 aromatic heterocycles. The van der Waals surface area contributed by atoms with E-state index in [0.717, 1.165) is 17.3 Å². The van der Waals surface area contributed by atoms with Gasteiger partial charge in [0.1, 0.15) is 22.4 Å². The highest BCUT2D eigenvalue weighted by atomic mass is 32.2. The number of nitrogens with zero attached hydrogens (tertiary/aromatic N) is 1. The van der Waals surface area contributed by atoms with Crippen LogP contribution >= 0.6 is 24.0 Å². The van der Waals surface area contributed by atoms with Crippen molar-refractivity contribution in [2.45, 2.75) is 6.42 Å². The average Bonchev–Trinajstić information content (AvgIpc) is 2.92. The van der Waals surface area contributed by atoms with Gasteiger partial charge in [0, 0.05) is 6.54 Å². The molecule has 144 valence electrons. The van der Waals surface area contributed by atoms with E-state index in [1.807, 2.05) is 0 Å². The van der Waals surface area contributed by atoms with Crippen LogP contribution in [0.1, 0.15) is 11.1 Å². The van der Waals surface area contributed by atoms with Crippen LogP contribution in [-0.2, 0) is 16.0 Å². The van der Waals surface area contributed by atoms with Gasteiger partial charge in [0.05, 0.1) is 4.91 Å². The van der Waals surface area contributed by atoms with Gasteiger partial charge in [-0.2, -0.15) is 0 Å². The van der Waals surface area contributed by atoms with Crippen LogP contribution in [0.2, 0.25) is 0 Å². The summed E-state index contributed by atoms with van der Waals surface area (Å²) in [6.07, 6.45) is 2.23. The minimum Gasteiger partial charge on any atom is -0.508 e. The van der Waals surface area contributed by atoms with Crippen molar-refractivity contribution < 1.29 is 19.1 Å². The Morgan fingerprint density at radius 3 is 2.54 bits per heavy atom. The van der Waals surface area contributed by atoms with E-state index >= 15 is 0 Å². The molecule has 0 bridgehead atoms. The van der Waals surface area contributed by atoms with Crippen LogP contribution < -0.4 is 5.32 Å². The third-order valence-electron chi connectivity index (χ3n) is 4.02. The van der Waals surface area contributed by atoms with E-state index in [2.05, 4.69) is 5.32 Å². The molecule has 0 radical (unpaired) electrons. The van der Waals surface area contributed by atoms with Crippen LogP contribution in [0.5, 0.6) is 5.75 Å². The molecule has 0 aliphatic carbocycles. The second kappa shape index (κ2) is 8.99. The Hall–Kier alpha value is -2.71. The number of phenols is 1. The molecule has 0 saturated carbocycles. The van der Waals surface area contributed by atoms with E-state index in [9.17, 15) is 19.1 Å². The van der Waals surface area contributed by atoms with Crippen molar-refractivity contribution in [1.29, 1.82) is 0 Å². The number of thioether (sulfide) groups is 1. The molecule has 1 aliphatic rings. The number of carbonyl (C=O) groups excluding carboxylic acids is 2. The lowest BCUT2D eigenvalue weighted by molar-refractivity contribution is -0.128. The highest BCUT2D eigenvalue weighted by Gasteiger charge is 2.33. The Bertz CT molecular complexity index is 927. The zero-order valence-electron chi connectivity index (χ0n) is 14.7. The molecule has 1 heterocycles. The number of rotatable bonds is 6. The number of halogens is 1. The quantitative estimate of drug-likeness (QED) is 0.560. The largest absolute Gasteiger partial charge is 0.508 e. The van der Waals surface area contributed by atoms with Crippen molar-refractivity contribution in [3.8, 4) is 5.75 Å². The molecule has 2 aromatic rings. The van der Waals surface area contributed by atoms with Crippen LogP contribution in [0.4, 0.5) is 4.39 Å². The van der Waals surface area contributed by atoms with E-state index in [1.165, 1.54) is 17.0 Å². The third-order valence-corrected chi connectivity index (χ3v) is 5.39. The minimum atomic E-state index is -0.353. The molecule has 0 unspecified atom stereocenters. The highest BCUT2D eigenvalue weighted by molar-refractivity contribution is 8.26. The molecule has 3 rings (SSSR count). The molecule has 5 nitrogen and oxygen atoms in total. The van der Waals surface area contributed by atoms with E-state index in [-0.39, 0.29) is 29.9 Å². The highest BCUT2D eigenvalue weighted by Crippen LogP contribution is 2.32. The number of carbonyl (C=O) groups is 2. The molecule has 0 spiro atoms. The predicted octanol–water partition coefficient (Wildman–Crippen LogP) is 3.09. The van der Waals surface area contributed by atoms with E-state index in [0.29, 0.717) is 27.8 Å². The van der Waals surface area contributed by atoms with Crippen LogP contribution in [-0.4, -0.2) is 39.2 Å². The van der Waals surface area contributed by atoms with Crippen LogP contribution in [0.25, 0.3) is 6.08 Å². The molecule has 1 aliphatic heterocycles. The van der Waals surface area contributed by atoms with E-state index in [4.69, 9.17) is 12.2 Å². The molecule has 2 N–H and O–H groups in total. The molecule has 28 heavy (non-hydrogen) atoms. The third kappa shape index (κ3) is 5.17. The van der Waals surface area contributed by atoms with Gasteiger partial charge in [-0.25, -0.2) is 4.39 Å². The standard InChI is InChI=1S/C20H17FN2O3S2/c21-15-5-1-14(2-6-15)11-17-19(26)23(20(27)28-17)12-18(25)22-10-9-13-3-7-16(24)8-4-13/h1-8,11,24H,9-10,12H2,(H,22,25)/b17-11-. The number of amides is 2. The monoisotopic (exact) mass is 416 g/mol. The van der Waals surface area contributed by atoms with Crippen LogP contribution in [0.15, 0.2) is 53.4 Å². The van der Waals surface area contributed by atoms with Crippen LogP contribution in [0, 0.1) is 5.82 Å². The number of hydrogen-bond donors (Lipinski definition) is 2. The molecule has 1 fully saturated rings. The Labute approximate surface area is 171 Å². The summed E-state index contributed by atoms with van der Waals surface area (Å²) in [7, 11) is 0. The second-order valence-corrected chi connectivity index (χ2v) is 7.76. The molecular formula is C20H17FN2O3S2. The Kier molecular flexibility index (Phi) is 6.43. The van der Waals surface area contributed by atoms with Gasteiger partial charge in [0.25, 0.3) is 5.91 Å². The summed E-state index contributed by atoms with van der Waals surface area (Å²) in [4.78, 5) is 26.3. The summed E-state index contributed by atoms with van der Waals surface area (Å²) in [5, 5.41) is 12.0. The van der Waals surface area contributed by atoms with E-state index < -0.39 is 0 Å². The van der Waals surface area contributed by atoms with Crippen LogP contribution in [0.3, 0.4) is 0 Å². The van der Waals surface area contributed by atoms with Crippen molar-refractivity contribution in [2.75, 3.05) is 13.1 Å². The first-order valence-corrected chi connectivity index (χ1v) is 9.70. The molecule has 2 aromatic carbocycles. The summed E-state index contributed by atoms with van der Waals surface area (Å²) >= 11 is 6.33. The maximum absolute atomic E-state index is 13.0. The van der Waals surface area contributed by atoms with Crippen molar-refractivity contribution >= 4 is 46.2 Å². The van der Waals surface area contributed by atoms with Gasteiger partial charge < -0.3 is 10.4 Å². The lowest BCUT2D eigenvalue weighted by atomic mass is 10.1. The summed E-state index contributed by atoms with van der Waals surface area (Å²) in [5.41, 5.74) is 1.66. The first-order valence-electron chi connectivity index (χ1n) is 8.48. The summed E-state index contributed by atoms with van der Waals surface area (Å²) in [6.45, 7) is 0.255. The maximum Gasteiger partial charge on any atom is 0.266 e. The number of phenolic OH excluding ortho intramolecular Hbond substituents is 1. The molecule has 1 saturated heterocycles. The van der Waals surface area contributed by atoms with Gasteiger partial charge in [-0.15, -0.1) is 0 Å². The topological polar surface area (TPSA) is 69.6 Å². The van der Waals surface area contributed by atoms with Gasteiger partial charge in [-0.3, -0.25) is 14.5 Å². The first kappa shape index (κ1) is 20.0. The lowest BCUT2D eigenvalue weighted by Gasteiger charge is -2.14. The van der Waals surface area contributed by atoms with Crippen molar-refractivity contribution in [3.05, 3.63) is 70.4 Å². The van der Waals surface area contributed by atoms with Crippen molar-refractivity contribution in [3.63, 3.8) is 0 Å². The second-order valence-electron chi connectivity index (χ2n) is 6.09. The van der Waals surface area contributed by atoms with Gasteiger partial charge in [-0.1, -0.05) is 48.2 Å². The minimum absolute atomic E-state index is 0.152. The van der Waals surface area contributed by atoms with E-state index in [1.54, 1.807) is 42.5 Å². The van der Waals surface area contributed by atoms with Gasteiger partial charge in [0.15, 0.2) is 0 Å². The first-order chi connectivity index (χ1) is 13.4. The molecule has 8 heteroatoms. The fourth-order valence-corrected chi connectivity index (χ4v) is 3.81. The zero-order valence-corrected chi connectivity index (χ0v) is 16.4. The fourth-order valence-electron chi connectivity index (χ4n) is 2.56. The Balaban J connectivity index is 1.54. The molecule has 0 atom stereocenters.